The monoisotopic (exact) mass is 238 g/mol. The van der Waals surface area contributed by atoms with E-state index in [2.05, 4.69) is 60.0 Å². The predicted octanol–water partition coefficient (Wildman–Crippen LogP) is 5.01. The number of benzene rings is 2. The molecular weight excluding hydrogens is 224 g/mol. The maximum absolute atomic E-state index is 2.11. The molecule has 0 radical (unpaired) electrons. The van der Waals surface area contributed by atoms with E-state index in [1.165, 1.54) is 10.5 Å². The molecule has 2 rings (SSSR count). The van der Waals surface area contributed by atoms with Crippen molar-refractivity contribution in [3.8, 4) is 0 Å². The van der Waals surface area contributed by atoms with Crippen LogP contribution in [-0.2, 0) is 0 Å². The SMILES string of the molecule is C(/C=C/c1ccccc1)=C\Sc1ccccc1. The summed E-state index contributed by atoms with van der Waals surface area (Å²) in [4.78, 5) is 1.26. The lowest BCUT2D eigenvalue weighted by molar-refractivity contribution is 1.47. The first kappa shape index (κ1) is 11.7. The zero-order valence-corrected chi connectivity index (χ0v) is 10.3. The van der Waals surface area contributed by atoms with Gasteiger partial charge in [-0.1, -0.05) is 78.5 Å². The minimum absolute atomic E-state index is 1.22. The Bertz CT molecular complexity index is 483. The molecule has 0 saturated heterocycles. The molecule has 0 bridgehead atoms. The maximum Gasteiger partial charge on any atom is 0.0116 e. The van der Waals surface area contributed by atoms with E-state index in [4.69, 9.17) is 0 Å². The summed E-state index contributed by atoms with van der Waals surface area (Å²) in [6.07, 6.45) is 6.22. The molecule has 0 unspecified atom stereocenters. The van der Waals surface area contributed by atoms with E-state index in [1.54, 1.807) is 11.8 Å². The molecule has 0 N–H and O–H groups in total. The van der Waals surface area contributed by atoms with Gasteiger partial charge in [0.15, 0.2) is 0 Å². The minimum Gasteiger partial charge on any atom is -0.0981 e. The molecule has 0 aliphatic carbocycles. The summed E-state index contributed by atoms with van der Waals surface area (Å²) >= 11 is 1.72. The second-order valence-corrected chi connectivity index (χ2v) is 4.51. The highest BCUT2D eigenvalue weighted by molar-refractivity contribution is 8.02. The summed E-state index contributed by atoms with van der Waals surface area (Å²) in [6.45, 7) is 0. The Balaban J connectivity index is 1.85. The van der Waals surface area contributed by atoms with Gasteiger partial charge in [-0.3, -0.25) is 0 Å². The van der Waals surface area contributed by atoms with Crippen LogP contribution in [0.5, 0.6) is 0 Å². The topological polar surface area (TPSA) is 0 Å². The molecule has 0 aliphatic rings. The normalized spacial score (nSPS) is 11.3. The van der Waals surface area contributed by atoms with Crippen molar-refractivity contribution in [2.45, 2.75) is 4.90 Å². The van der Waals surface area contributed by atoms with Gasteiger partial charge >= 0.3 is 0 Å². The number of hydrogen-bond donors (Lipinski definition) is 0. The Morgan fingerprint density at radius 1 is 0.706 bits per heavy atom. The molecule has 2 aromatic carbocycles. The molecule has 0 spiro atoms. The molecule has 0 amide bonds. The molecule has 17 heavy (non-hydrogen) atoms. The summed E-state index contributed by atoms with van der Waals surface area (Å²) in [7, 11) is 0. The van der Waals surface area contributed by atoms with Crippen molar-refractivity contribution in [1.82, 2.24) is 0 Å². The predicted molar refractivity (Wildman–Crippen MR) is 76.9 cm³/mol. The average Bonchev–Trinajstić information content (AvgIpc) is 2.41. The van der Waals surface area contributed by atoms with E-state index in [9.17, 15) is 0 Å². The van der Waals surface area contributed by atoms with Crippen LogP contribution < -0.4 is 0 Å². The molecule has 0 aromatic heterocycles. The van der Waals surface area contributed by atoms with Gasteiger partial charge in [0.05, 0.1) is 0 Å². The quantitative estimate of drug-likeness (QED) is 0.533. The summed E-state index contributed by atoms with van der Waals surface area (Å²) < 4.78 is 0. The highest BCUT2D eigenvalue weighted by Gasteiger charge is 1.85. The van der Waals surface area contributed by atoms with Crippen molar-refractivity contribution in [2.24, 2.45) is 0 Å². The van der Waals surface area contributed by atoms with Crippen molar-refractivity contribution in [3.05, 3.63) is 83.8 Å². The molecular formula is C16H14S. The smallest absolute Gasteiger partial charge is 0.0116 e. The van der Waals surface area contributed by atoms with Crippen LogP contribution >= 0.6 is 11.8 Å². The van der Waals surface area contributed by atoms with Gasteiger partial charge in [0.2, 0.25) is 0 Å². The van der Waals surface area contributed by atoms with E-state index < -0.39 is 0 Å². The first-order chi connectivity index (χ1) is 8.45. The maximum atomic E-state index is 2.11. The van der Waals surface area contributed by atoms with Gasteiger partial charge in [0, 0.05) is 4.90 Å². The van der Waals surface area contributed by atoms with Crippen molar-refractivity contribution in [2.75, 3.05) is 0 Å². The van der Waals surface area contributed by atoms with Gasteiger partial charge in [-0.25, -0.2) is 0 Å². The standard InChI is InChI=1S/C16H14S/c1-3-9-15(10-4-1)11-7-8-14-17-16-12-5-2-6-13-16/h1-14H/b11-7+,14-8+. The third-order valence-electron chi connectivity index (χ3n) is 2.23. The van der Waals surface area contributed by atoms with Crippen molar-refractivity contribution in [1.29, 1.82) is 0 Å². The van der Waals surface area contributed by atoms with Gasteiger partial charge in [0.1, 0.15) is 0 Å². The molecule has 1 heteroatoms. The molecule has 0 saturated carbocycles. The molecule has 0 nitrogen and oxygen atoms in total. The van der Waals surface area contributed by atoms with Crippen molar-refractivity contribution >= 4 is 17.8 Å². The van der Waals surface area contributed by atoms with E-state index in [-0.39, 0.29) is 0 Å². The highest BCUT2D eigenvalue weighted by atomic mass is 32.2. The van der Waals surface area contributed by atoms with Crippen LogP contribution in [0, 0.1) is 0 Å². The Labute approximate surface area is 107 Å². The fourth-order valence-corrected chi connectivity index (χ4v) is 2.03. The second kappa shape index (κ2) is 6.77. The van der Waals surface area contributed by atoms with E-state index >= 15 is 0 Å². The fourth-order valence-electron chi connectivity index (χ4n) is 1.39. The lowest BCUT2D eigenvalue weighted by Gasteiger charge is -1.92. The fraction of sp³-hybridized carbons (Fsp3) is 0. The molecule has 0 fully saturated rings. The van der Waals surface area contributed by atoms with Gasteiger partial charge in [-0.05, 0) is 23.1 Å². The lowest BCUT2D eigenvalue weighted by Crippen LogP contribution is -1.66. The Kier molecular flexibility index (Phi) is 4.68. The van der Waals surface area contributed by atoms with Gasteiger partial charge in [0.25, 0.3) is 0 Å². The number of thioether (sulfide) groups is 1. The molecule has 0 aliphatic heterocycles. The average molecular weight is 238 g/mol. The van der Waals surface area contributed by atoms with E-state index in [0.717, 1.165) is 0 Å². The third kappa shape index (κ3) is 4.33. The van der Waals surface area contributed by atoms with Gasteiger partial charge in [-0.15, -0.1) is 0 Å². The van der Waals surface area contributed by atoms with Crippen LogP contribution in [0.4, 0.5) is 0 Å². The van der Waals surface area contributed by atoms with Crippen LogP contribution in [0.1, 0.15) is 5.56 Å². The first-order valence-electron chi connectivity index (χ1n) is 5.55. The summed E-state index contributed by atoms with van der Waals surface area (Å²) in [5.41, 5.74) is 1.22. The van der Waals surface area contributed by atoms with Crippen molar-refractivity contribution < 1.29 is 0 Å². The van der Waals surface area contributed by atoms with Crippen LogP contribution in [0.3, 0.4) is 0 Å². The Morgan fingerprint density at radius 2 is 1.35 bits per heavy atom. The molecule has 2 aromatic rings. The Hall–Kier alpha value is -1.73. The van der Waals surface area contributed by atoms with Crippen LogP contribution in [0.15, 0.2) is 83.1 Å². The summed E-state index contributed by atoms with van der Waals surface area (Å²) in [5, 5.41) is 2.09. The van der Waals surface area contributed by atoms with E-state index in [1.807, 2.05) is 24.3 Å². The largest absolute Gasteiger partial charge is 0.0981 e. The van der Waals surface area contributed by atoms with E-state index in [0.29, 0.717) is 0 Å². The third-order valence-corrected chi connectivity index (χ3v) is 3.06. The second-order valence-electron chi connectivity index (χ2n) is 3.53. The first-order valence-corrected chi connectivity index (χ1v) is 6.43. The molecule has 0 atom stereocenters. The summed E-state index contributed by atoms with van der Waals surface area (Å²) in [6, 6.07) is 20.6. The Morgan fingerprint density at radius 3 is 2.06 bits per heavy atom. The number of hydrogen-bond acceptors (Lipinski definition) is 1. The summed E-state index contributed by atoms with van der Waals surface area (Å²) in [5.74, 6) is 0. The van der Waals surface area contributed by atoms with Crippen LogP contribution in [0.25, 0.3) is 6.08 Å². The number of rotatable bonds is 4. The minimum atomic E-state index is 1.22. The van der Waals surface area contributed by atoms with Gasteiger partial charge < -0.3 is 0 Å². The lowest BCUT2D eigenvalue weighted by atomic mass is 10.2. The zero-order chi connectivity index (χ0) is 11.8. The highest BCUT2D eigenvalue weighted by Crippen LogP contribution is 2.17. The van der Waals surface area contributed by atoms with Crippen LogP contribution in [-0.4, -0.2) is 0 Å². The van der Waals surface area contributed by atoms with Gasteiger partial charge in [-0.2, -0.15) is 0 Å². The number of allylic oxidation sites excluding steroid dienone is 2. The van der Waals surface area contributed by atoms with Crippen LogP contribution in [0.2, 0.25) is 0 Å². The van der Waals surface area contributed by atoms with Crippen molar-refractivity contribution in [3.63, 3.8) is 0 Å². The molecule has 0 heterocycles. The zero-order valence-electron chi connectivity index (χ0n) is 9.49. The molecule has 84 valence electrons.